The summed E-state index contributed by atoms with van der Waals surface area (Å²) in [5.74, 6) is 1.55. The van der Waals surface area contributed by atoms with E-state index in [-0.39, 0.29) is 11.6 Å². The lowest BCUT2D eigenvalue weighted by Crippen LogP contribution is -2.39. The fourth-order valence-corrected chi connectivity index (χ4v) is 6.73. The number of halogens is 1. The molecule has 0 unspecified atom stereocenters. The molecule has 1 aromatic heterocycles. The van der Waals surface area contributed by atoms with Crippen LogP contribution in [-0.2, 0) is 6.42 Å². The van der Waals surface area contributed by atoms with Gasteiger partial charge in [0.1, 0.15) is 11.5 Å². The molecule has 0 bridgehead atoms. The highest BCUT2D eigenvalue weighted by Gasteiger charge is 2.33. The van der Waals surface area contributed by atoms with Gasteiger partial charge >= 0.3 is 0 Å². The number of thiazole rings is 1. The van der Waals surface area contributed by atoms with E-state index in [1.165, 1.54) is 16.9 Å². The maximum absolute atomic E-state index is 14.0. The average molecular weight is 574 g/mol. The van der Waals surface area contributed by atoms with E-state index in [1.807, 2.05) is 54.0 Å². The highest BCUT2D eigenvalue weighted by atomic mass is 79.9. The molecule has 0 saturated carbocycles. The molecule has 0 N–H and O–H groups in total. The molecule has 1 aliphatic carbocycles. The molecule has 3 aromatic carbocycles. The normalized spacial score (nSPS) is 16.5. The summed E-state index contributed by atoms with van der Waals surface area (Å²) in [6.45, 7) is 2.55. The monoisotopic (exact) mass is 572 g/mol. The van der Waals surface area contributed by atoms with Gasteiger partial charge in [-0.15, -0.1) is 0 Å². The van der Waals surface area contributed by atoms with Crippen LogP contribution in [0.25, 0.3) is 11.8 Å². The first kappa shape index (κ1) is 23.9. The van der Waals surface area contributed by atoms with E-state index in [4.69, 9.17) is 14.5 Å². The average Bonchev–Trinajstić information content (AvgIpc) is 3.23. The second kappa shape index (κ2) is 9.80. The van der Waals surface area contributed by atoms with Gasteiger partial charge in [0.25, 0.3) is 5.56 Å². The van der Waals surface area contributed by atoms with Crippen molar-refractivity contribution in [1.82, 2.24) is 4.57 Å². The Balaban J connectivity index is 1.59. The summed E-state index contributed by atoms with van der Waals surface area (Å²) in [6.07, 6.45) is 3.69. The summed E-state index contributed by atoms with van der Waals surface area (Å²) >= 11 is 5.01. The van der Waals surface area contributed by atoms with E-state index < -0.39 is 0 Å². The van der Waals surface area contributed by atoms with E-state index in [2.05, 4.69) is 46.3 Å². The molecule has 0 saturated heterocycles. The van der Waals surface area contributed by atoms with Crippen molar-refractivity contribution >= 4 is 39.0 Å². The molecule has 6 rings (SSSR count). The zero-order valence-electron chi connectivity index (χ0n) is 20.5. The predicted octanol–water partition coefficient (Wildman–Crippen LogP) is 5.49. The summed E-state index contributed by atoms with van der Waals surface area (Å²) in [5, 5.41) is 0. The molecular formula is C30H25BrN2O3S. The minimum absolute atomic E-state index is 0.0462. The SMILES string of the molecule is CCOc1ccc(/C=c2/sc3n(c2=O)[C@@H](c2ccccc2OC)C2=C(N=3)c3ccccc3CC2)cc1Br. The van der Waals surface area contributed by atoms with Gasteiger partial charge in [-0.25, -0.2) is 4.99 Å². The zero-order valence-corrected chi connectivity index (χ0v) is 22.9. The molecule has 7 heteroatoms. The topological polar surface area (TPSA) is 52.8 Å². The standard InChI is InChI=1S/C30H25BrN2O3S/c1-3-36-25-15-12-18(16-23(25)31)17-26-29(34)33-28(21-10-6-7-11-24(21)35-2)22-14-13-19-8-4-5-9-20(19)27(22)32-30(33)37-26/h4-12,15-17,28H,3,13-14H2,1-2H3/b26-17+/t28-/m0/s1. The van der Waals surface area contributed by atoms with Crippen molar-refractivity contribution < 1.29 is 9.47 Å². The molecule has 0 amide bonds. The van der Waals surface area contributed by atoms with Gasteiger partial charge in [0.2, 0.25) is 0 Å². The van der Waals surface area contributed by atoms with Gasteiger partial charge in [-0.05, 0) is 76.7 Å². The lowest BCUT2D eigenvalue weighted by atomic mass is 9.83. The van der Waals surface area contributed by atoms with E-state index in [1.54, 1.807) is 7.11 Å². The van der Waals surface area contributed by atoms with Gasteiger partial charge < -0.3 is 9.47 Å². The first-order valence-corrected chi connectivity index (χ1v) is 13.9. The first-order chi connectivity index (χ1) is 18.1. The van der Waals surface area contributed by atoms with Crippen molar-refractivity contribution in [3.63, 3.8) is 0 Å². The maximum Gasteiger partial charge on any atom is 0.271 e. The Morgan fingerprint density at radius 2 is 1.89 bits per heavy atom. The third-order valence-corrected chi connectivity index (χ3v) is 8.46. The number of ether oxygens (including phenoxy) is 2. The Kier molecular flexibility index (Phi) is 6.34. The summed E-state index contributed by atoms with van der Waals surface area (Å²) in [5.41, 5.74) is 6.43. The maximum atomic E-state index is 14.0. The number of nitrogens with zero attached hydrogens (tertiary/aromatic N) is 2. The number of allylic oxidation sites excluding steroid dienone is 1. The van der Waals surface area contributed by atoms with Crippen LogP contribution in [0.5, 0.6) is 11.5 Å². The lowest BCUT2D eigenvalue weighted by molar-refractivity contribution is 0.338. The van der Waals surface area contributed by atoms with Crippen LogP contribution in [0.4, 0.5) is 0 Å². The van der Waals surface area contributed by atoms with Gasteiger partial charge in [-0.3, -0.25) is 9.36 Å². The van der Waals surface area contributed by atoms with Crippen molar-refractivity contribution in [1.29, 1.82) is 0 Å². The minimum atomic E-state index is -0.273. The smallest absolute Gasteiger partial charge is 0.271 e. The Bertz CT molecular complexity index is 1730. The van der Waals surface area contributed by atoms with Crippen LogP contribution in [0, 0.1) is 0 Å². The van der Waals surface area contributed by atoms with Crippen LogP contribution >= 0.6 is 27.3 Å². The van der Waals surface area contributed by atoms with E-state index in [9.17, 15) is 4.79 Å². The van der Waals surface area contributed by atoms with Gasteiger partial charge in [-0.1, -0.05) is 59.9 Å². The van der Waals surface area contributed by atoms with Crippen molar-refractivity contribution in [2.75, 3.05) is 13.7 Å². The Hall–Kier alpha value is -3.42. The number of benzene rings is 3. The third-order valence-electron chi connectivity index (χ3n) is 6.86. The van der Waals surface area contributed by atoms with Crippen LogP contribution in [0.3, 0.4) is 0 Å². The van der Waals surface area contributed by atoms with Gasteiger partial charge in [0.05, 0.1) is 34.5 Å². The van der Waals surface area contributed by atoms with Crippen LogP contribution in [0.2, 0.25) is 0 Å². The van der Waals surface area contributed by atoms with E-state index in [0.717, 1.165) is 56.8 Å². The molecule has 0 spiro atoms. The number of aromatic nitrogens is 1. The highest BCUT2D eigenvalue weighted by molar-refractivity contribution is 9.10. The fourth-order valence-electron chi connectivity index (χ4n) is 5.22. The Labute approximate surface area is 227 Å². The van der Waals surface area contributed by atoms with Crippen LogP contribution in [-0.4, -0.2) is 18.3 Å². The van der Waals surface area contributed by atoms with Crippen LogP contribution < -0.4 is 24.4 Å². The summed E-state index contributed by atoms with van der Waals surface area (Å²) in [7, 11) is 1.68. The second-order valence-corrected chi connectivity index (χ2v) is 10.8. The van der Waals surface area contributed by atoms with Gasteiger partial charge in [0.15, 0.2) is 4.80 Å². The molecule has 2 heterocycles. The minimum Gasteiger partial charge on any atom is -0.496 e. The van der Waals surface area contributed by atoms with Crippen molar-refractivity contribution in [2.45, 2.75) is 25.8 Å². The molecule has 1 atom stereocenters. The van der Waals surface area contributed by atoms with E-state index in [0.29, 0.717) is 15.9 Å². The molecule has 37 heavy (non-hydrogen) atoms. The van der Waals surface area contributed by atoms with Gasteiger partial charge in [0, 0.05) is 11.1 Å². The Morgan fingerprint density at radius 1 is 1.08 bits per heavy atom. The molecule has 5 nitrogen and oxygen atoms in total. The number of fused-ring (bicyclic) bond motifs is 3. The van der Waals surface area contributed by atoms with Crippen LogP contribution in [0.15, 0.2) is 86.6 Å². The molecular weight excluding hydrogens is 548 g/mol. The molecule has 2 aliphatic rings. The summed E-state index contributed by atoms with van der Waals surface area (Å²) in [4.78, 5) is 19.7. The largest absolute Gasteiger partial charge is 0.496 e. The van der Waals surface area contributed by atoms with Gasteiger partial charge in [-0.2, -0.15) is 0 Å². The van der Waals surface area contributed by atoms with E-state index >= 15 is 0 Å². The quantitative estimate of drug-likeness (QED) is 0.318. The zero-order chi connectivity index (χ0) is 25.5. The fraction of sp³-hybridized carbons (Fsp3) is 0.200. The number of methoxy groups -OCH3 is 1. The number of rotatable bonds is 5. The molecule has 186 valence electrons. The molecule has 4 aromatic rings. The second-order valence-electron chi connectivity index (χ2n) is 8.98. The number of para-hydroxylation sites is 1. The van der Waals surface area contributed by atoms with Crippen molar-refractivity contribution in [3.05, 3.63) is 119 Å². The first-order valence-electron chi connectivity index (χ1n) is 12.3. The number of aryl methyl sites for hydroxylation is 1. The highest BCUT2D eigenvalue weighted by Crippen LogP contribution is 2.43. The molecule has 0 fully saturated rings. The summed E-state index contributed by atoms with van der Waals surface area (Å²) < 4.78 is 14.8. The number of hydrogen-bond donors (Lipinski definition) is 0. The van der Waals surface area contributed by atoms with Crippen LogP contribution in [0.1, 0.15) is 41.6 Å². The van der Waals surface area contributed by atoms with Crippen molar-refractivity contribution in [3.8, 4) is 11.5 Å². The number of hydrogen-bond acceptors (Lipinski definition) is 5. The van der Waals surface area contributed by atoms with Crippen molar-refractivity contribution in [2.24, 2.45) is 4.99 Å². The summed E-state index contributed by atoms with van der Waals surface area (Å²) in [6, 6.07) is 22.0. The molecule has 0 radical (unpaired) electrons. The lowest BCUT2D eigenvalue weighted by Gasteiger charge is -2.31. The molecule has 1 aliphatic heterocycles. The predicted molar refractivity (Wildman–Crippen MR) is 151 cm³/mol. The third kappa shape index (κ3) is 4.16. The Morgan fingerprint density at radius 3 is 2.70 bits per heavy atom.